The maximum atomic E-state index is 5.36. The van der Waals surface area contributed by atoms with Crippen LogP contribution in [0.3, 0.4) is 0 Å². The minimum absolute atomic E-state index is 0.728. The molecule has 0 aliphatic carbocycles. The molecule has 0 aliphatic rings. The summed E-state index contributed by atoms with van der Waals surface area (Å²) >= 11 is 0. The van der Waals surface area contributed by atoms with Crippen LogP contribution in [-0.2, 0) is 4.74 Å². The molecule has 0 heterocycles. The third-order valence-corrected chi connectivity index (χ3v) is 1.69. The zero-order valence-electron chi connectivity index (χ0n) is 9.01. The van der Waals surface area contributed by atoms with Crippen molar-refractivity contribution < 1.29 is 4.74 Å². The van der Waals surface area contributed by atoms with Crippen molar-refractivity contribution in [1.82, 2.24) is 5.32 Å². The van der Waals surface area contributed by atoms with E-state index in [2.05, 4.69) is 19.2 Å². The summed E-state index contributed by atoms with van der Waals surface area (Å²) in [4.78, 5) is 0. The molecule has 0 saturated heterocycles. The van der Waals surface area contributed by atoms with E-state index in [0.29, 0.717) is 0 Å². The van der Waals surface area contributed by atoms with Crippen LogP contribution in [0.5, 0.6) is 0 Å². The second-order valence-corrected chi connectivity index (χ2v) is 3.71. The van der Waals surface area contributed by atoms with E-state index in [1.54, 1.807) is 0 Å². The maximum absolute atomic E-state index is 5.36. The normalized spacial score (nSPS) is 11.1. The highest BCUT2D eigenvalue weighted by Gasteiger charge is 1.92. The zero-order chi connectivity index (χ0) is 9.94. The molecule has 0 rings (SSSR count). The molecule has 3 N–H and O–H groups in total. The van der Waals surface area contributed by atoms with Crippen LogP contribution in [0, 0.1) is 5.92 Å². The second kappa shape index (κ2) is 9.96. The summed E-state index contributed by atoms with van der Waals surface area (Å²) in [7, 11) is 0. The van der Waals surface area contributed by atoms with Crippen LogP contribution >= 0.6 is 0 Å². The Morgan fingerprint density at radius 3 is 2.54 bits per heavy atom. The molecule has 3 nitrogen and oxygen atoms in total. The van der Waals surface area contributed by atoms with Crippen molar-refractivity contribution in [2.75, 3.05) is 32.8 Å². The fourth-order valence-corrected chi connectivity index (χ4v) is 0.977. The lowest BCUT2D eigenvalue weighted by molar-refractivity contribution is 0.130. The first-order chi connectivity index (χ1) is 6.27. The van der Waals surface area contributed by atoms with Crippen molar-refractivity contribution in [2.24, 2.45) is 11.7 Å². The number of hydrogen-bond donors (Lipinski definition) is 2. The highest BCUT2D eigenvalue weighted by Crippen LogP contribution is 1.88. The third kappa shape index (κ3) is 11.9. The molecule has 0 aliphatic heterocycles. The average Bonchev–Trinajstić information content (AvgIpc) is 2.09. The van der Waals surface area contributed by atoms with Crippen molar-refractivity contribution in [3.63, 3.8) is 0 Å². The molecule has 0 saturated carbocycles. The van der Waals surface area contributed by atoms with Crippen LogP contribution in [0.1, 0.15) is 26.7 Å². The summed E-state index contributed by atoms with van der Waals surface area (Å²) in [5.74, 6) is 0.734. The van der Waals surface area contributed by atoms with Gasteiger partial charge in [-0.1, -0.05) is 13.8 Å². The molecular weight excluding hydrogens is 164 g/mol. The lowest BCUT2D eigenvalue weighted by Gasteiger charge is -2.07. The maximum Gasteiger partial charge on any atom is 0.0478 e. The van der Waals surface area contributed by atoms with E-state index in [9.17, 15) is 0 Å². The van der Waals surface area contributed by atoms with Crippen LogP contribution in [0.25, 0.3) is 0 Å². The summed E-state index contributed by atoms with van der Waals surface area (Å²) in [5.41, 5.74) is 5.33. The van der Waals surface area contributed by atoms with Crippen LogP contribution in [-0.4, -0.2) is 32.8 Å². The van der Waals surface area contributed by atoms with Gasteiger partial charge < -0.3 is 15.8 Å². The Bertz CT molecular complexity index is 96.9. The first-order valence-electron chi connectivity index (χ1n) is 5.26. The molecule has 80 valence electrons. The van der Waals surface area contributed by atoms with Gasteiger partial charge in [0.15, 0.2) is 0 Å². The van der Waals surface area contributed by atoms with Gasteiger partial charge in [0.05, 0.1) is 0 Å². The molecule has 0 atom stereocenters. The molecule has 0 aromatic carbocycles. The summed E-state index contributed by atoms with van der Waals surface area (Å²) in [6.07, 6.45) is 2.07. The lowest BCUT2D eigenvalue weighted by atomic mass is 10.2. The van der Waals surface area contributed by atoms with Gasteiger partial charge in [0, 0.05) is 13.2 Å². The quantitative estimate of drug-likeness (QED) is 0.530. The number of ether oxygens (including phenoxy) is 1. The van der Waals surface area contributed by atoms with E-state index in [4.69, 9.17) is 10.5 Å². The van der Waals surface area contributed by atoms with Crippen LogP contribution in [0.2, 0.25) is 0 Å². The molecular formula is C10H24N2O. The van der Waals surface area contributed by atoms with E-state index in [1.807, 2.05) is 0 Å². The van der Waals surface area contributed by atoms with Gasteiger partial charge in [0.2, 0.25) is 0 Å². The Labute approximate surface area is 82.0 Å². The number of hydrogen-bond acceptors (Lipinski definition) is 3. The molecule has 0 unspecified atom stereocenters. The third-order valence-electron chi connectivity index (χ3n) is 1.69. The van der Waals surface area contributed by atoms with Crippen molar-refractivity contribution in [2.45, 2.75) is 26.7 Å². The van der Waals surface area contributed by atoms with Gasteiger partial charge in [-0.15, -0.1) is 0 Å². The topological polar surface area (TPSA) is 47.3 Å². The molecule has 0 fully saturated rings. The molecule has 0 radical (unpaired) electrons. The Kier molecular flexibility index (Phi) is 9.87. The zero-order valence-corrected chi connectivity index (χ0v) is 9.01. The standard InChI is InChI=1S/C10H24N2O/c1-10(2)9-12-6-4-8-13-7-3-5-11/h10,12H,3-9,11H2,1-2H3. The minimum Gasteiger partial charge on any atom is -0.381 e. The molecule has 0 aromatic heterocycles. The molecule has 0 bridgehead atoms. The molecule has 3 heteroatoms. The van der Waals surface area contributed by atoms with Crippen molar-refractivity contribution in [1.29, 1.82) is 0 Å². The van der Waals surface area contributed by atoms with Gasteiger partial charge in [-0.2, -0.15) is 0 Å². The fraction of sp³-hybridized carbons (Fsp3) is 1.00. The van der Waals surface area contributed by atoms with Crippen molar-refractivity contribution in [3.8, 4) is 0 Å². The molecule has 0 aromatic rings. The van der Waals surface area contributed by atoms with Gasteiger partial charge in [-0.3, -0.25) is 0 Å². The van der Waals surface area contributed by atoms with Gasteiger partial charge in [-0.25, -0.2) is 0 Å². The van der Waals surface area contributed by atoms with Crippen molar-refractivity contribution in [3.05, 3.63) is 0 Å². The highest BCUT2D eigenvalue weighted by molar-refractivity contribution is 4.50. The molecule has 0 spiro atoms. The number of nitrogens with one attached hydrogen (secondary N) is 1. The lowest BCUT2D eigenvalue weighted by Crippen LogP contribution is -2.21. The van der Waals surface area contributed by atoms with E-state index in [1.165, 1.54) is 0 Å². The first kappa shape index (κ1) is 12.9. The summed E-state index contributed by atoms with van der Waals surface area (Å²) in [6, 6.07) is 0. The van der Waals surface area contributed by atoms with Crippen LogP contribution in [0.4, 0.5) is 0 Å². The van der Waals surface area contributed by atoms with Crippen molar-refractivity contribution >= 4 is 0 Å². The van der Waals surface area contributed by atoms with E-state index in [-0.39, 0.29) is 0 Å². The average molecular weight is 188 g/mol. The minimum atomic E-state index is 0.728. The number of rotatable bonds is 9. The molecule has 13 heavy (non-hydrogen) atoms. The summed E-state index contributed by atoms with van der Waals surface area (Å²) in [6.45, 7) is 8.97. The van der Waals surface area contributed by atoms with Crippen LogP contribution in [0.15, 0.2) is 0 Å². The summed E-state index contributed by atoms with van der Waals surface area (Å²) in [5, 5.41) is 3.37. The Morgan fingerprint density at radius 2 is 1.92 bits per heavy atom. The predicted molar refractivity (Wildman–Crippen MR) is 56.8 cm³/mol. The van der Waals surface area contributed by atoms with Gasteiger partial charge in [-0.05, 0) is 38.4 Å². The van der Waals surface area contributed by atoms with Gasteiger partial charge >= 0.3 is 0 Å². The van der Waals surface area contributed by atoms with Gasteiger partial charge in [0.25, 0.3) is 0 Å². The SMILES string of the molecule is CC(C)CNCCCOCCCN. The Hall–Kier alpha value is -0.120. The molecule has 0 amide bonds. The Balaban J connectivity index is 2.84. The van der Waals surface area contributed by atoms with E-state index in [0.717, 1.165) is 51.6 Å². The number of nitrogens with two attached hydrogens (primary N) is 1. The predicted octanol–water partition coefficient (Wildman–Crippen LogP) is 0.987. The van der Waals surface area contributed by atoms with E-state index >= 15 is 0 Å². The Morgan fingerprint density at radius 1 is 1.23 bits per heavy atom. The second-order valence-electron chi connectivity index (χ2n) is 3.71. The largest absolute Gasteiger partial charge is 0.381 e. The summed E-state index contributed by atoms with van der Waals surface area (Å²) < 4.78 is 5.36. The van der Waals surface area contributed by atoms with Gasteiger partial charge in [0.1, 0.15) is 0 Å². The highest BCUT2D eigenvalue weighted by atomic mass is 16.5. The monoisotopic (exact) mass is 188 g/mol. The smallest absolute Gasteiger partial charge is 0.0478 e. The van der Waals surface area contributed by atoms with E-state index < -0.39 is 0 Å². The first-order valence-corrected chi connectivity index (χ1v) is 5.26. The fourth-order valence-electron chi connectivity index (χ4n) is 0.977. The van der Waals surface area contributed by atoms with Crippen LogP contribution < -0.4 is 11.1 Å².